The molecular weight excluding hydrogens is 386 g/mol. The zero-order valence-corrected chi connectivity index (χ0v) is 20.8. The Morgan fingerprint density at radius 2 is 1.50 bits per heavy atom. The molecule has 1 aliphatic heterocycles. The largest absolute Gasteiger partial charge is 0.451 e. The van der Waals surface area contributed by atoms with Crippen LogP contribution < -0.4 is 0 Å². The summed E-state index contributed by atoms with van der Waals surface area (Å²) < 4.78 is 24.0. The van der Waals surface area contributed by atoms with Gasteiger partial charge in [-0.1, -0.05) is 5.16 Å². The Bertz CT molecular complexity index is 522. The number of carbonyl (C=O) groups is 1. The minimum absolute atomic E-state index is 0.243. The van der Waals surface area contributed by atoms with Crippen molar-refractivity contribution >= 4 is 36.6 Å². The second kappa shape index (κ2) is 8.65. The van der Waals surface area contributed by atoms with Crippen molar-refractivity contribution in [2.24, 2.45) is 5.16 Å². The summed E-state index contributed by atoms with van der Waals surface area (Å²) in [6, 6.07) is 0. The van der Waals surface area contributed by atoms with E-state index >= 15 is 0 Å². The standard InChI is InChI=1S/C16H35NO6Si3/c1-19-17-12(11-20-24(2,3)4)13-14(22-25(5,6)7)15(16(18)21-13)23-26(8,9)10/h13-15H,11H2,1-10H3/b17-12+. The van der Waals surface area contributed by atoms with E-state index in [0.717, 1.165) is 0 Å². The molecule has 1 rings (SSSR count). The molecule has 0 N–H and O–H groups in total. The van der Waals surface area contributed by atoms with Gasteiger partial charge in [-0.25, -0.2) is 4.79 Å². The number of oxime groups is 1. The SMILES string of the molecule is CO/N=C(\CO[Si](C)(C)C)C1OC(=O)C(O[Si](C)(C)C)C1O[Si](C)(C)C. The van der Waals surface area contributed by atoms with Crippen LogP contribution in [0.2, 0.25) is 58.9 Å². The fourth-order valence-corrected chi connectivity index (χ4v) is 5.04. The second-order valence-corrected chi connectivity index (χ2v) is 22.8. The van der Waals surface area contributed by atoms with Crippen LogP contribution in [0.4, 0.5) is 0 Å². The van der Waals surface area contributed by atoms with Crippen LogP contribution in [0.1, 0.15) is 0 Å². The number of nitrogens with zero attached hydrogens (tertiary/aromatic N) is 1. The Morgan fingerprint density at radius 1 is 0.962 bits per heavy atom. The summed E-state index contributed by atoms with van der Waals surface area (Å²) in [4.78, 5) is 17.5. The van der Waals surface area contributed by atoms with Gasteiger partial charge in [0.1, 0.15) is 18.9 Å². The van der Waals surface area contributed by atoms with Crippen LogP contribution in [-0.4, -0.2) is 68.7 Å². The molecule has 0 bridgehead atoms. The Balaban J connectivity index is 3.14. The molecule has 1 fully saturated rings. The molecule has 26 heavy (non-hydrogen) atoms. The Hall–Kier alpha value is -0.529. The van der Waals surface area contributed by atoms with Gasteiger partial charge in [-0.2, -0.15) is 0 Å². The molecule has 0 aromatic carbocycles. The van der Waals surface area contributed by atoms with E-state index in [1.807, 2.05) is 19.6 Å². The van der Waals surface area contributed by atoms with Gasteiger partial charge in [-0.15, -0.1) is 0 Å². The molecule has 0 saturated carbocycles. The molecule has 1 aliphatic rings. The summed E-state index contributed by atoms with van der Waals surface area (Å²) in [5.41, 5.74) is 0.521. The van der Waals surface area contributed by atoms with Crippen molar-refractivity contribution < 1.29 is 27.6 Å². The lowest BCUT2D eigenvalue weighted by Gasteiger charge is -2.31. The van der Waals surface area contributed by atoms with E-state index in [1.165, 1.54) is 7.11 Å². The summed E-state index contributed by atoms with van der Waals surface area (Å²) in [7, 11) is -4.24. The first kappa shape index (κ1) is 23.5. The summed E-state index contributed by atoms with van der Waals surface area (Å²) >= 11 is 0. The van der Waals surface area contributed by atoms with Gasteiger partial charge in [0.15, 0.2) is 37.2 Å². The number of carbonyl (C=O) groups excluding carboxylic acids is 1. The number of hydrogen-bond donors (Lipinski definition) is 0. The molecule has 0 amide bonds. The van der Waals surface area contributed by atoms with E-state index in [-0.39, 0.29) is 6.61 Å². The van der Waals surface area contributed by atoms with E-state index in [0.29, 0.717) is 5.71 Å². The highest BCUT2D eigenvalue weighted by Crippen LogP contribution is 2.29. The van der Waals surface area contributed by atoms with Gasteiger partial charge in [0, 0.05) is 0 Å². The zero-order chi connectivity index (χ0) is 20.3. The van der Waals surface area contributed by atoms with Crippen molar-refractivity contribution in [2.45, 2.75) is 77.2 Å². The predicted molar refractivity (Wildman–Crippen MR) is 110 cm³/mol. The van der Waals surface area contributed by atoms with Crippen LogP contribution in [-0.2, 0) is 27.6 Å². The quantitative estimate of drug-likeness (QED) is 0.246. The van der Waals surface area contributed by atoms with Gasteiger partial charge in [-0.05, 0) is 58.9 Å². The molecule has 1 heterocycles. The van der Waals surface area contributed by atoms with Crippen molar-refractivity contribution in [1.82, 2.24) is 0 Å². The van der Waals surface area contributed by atoms with Crippen LogP contribution in [0, 0.1) is 0 Å². The monoisotopic (exact) mass is 421 g/mol. The fourth-order valence-electron chi connectivity index (χ4n) is 2.41. The van der Waals surface area contributed by atoms with Crippen molar-refractivity contribution in [3.63, 3.8) is 0 Å². The molecule has 3 atom stereocenters. The third-order valence-electron chi connectivity index (χ3n) is 3.23. The average molecular weight is 422 g/mol. The van der Waals surface area contributed by atoms with E-state index in [9.17, 15) is 4.79 Å². The Kier molecular flexibility index (Phi) is 7.82. The zero-order valence-electron chi connectivity index (χ0n) is 17.8. The number of esters is 1. The molecule has 0 radical (unpaired) electrons. The Morgan fingerprint density at radius 3 is 1.92 bits per heavy atom. The first-order chi connectivity index (χ1) is 11.6. The van der Waals surface area contributed by atoms with Gasteiger partial charge in [0.05, 0.1) is 6.61 Å². The molecule has 7 nitrogen and oxygen atoms in total. The van der Waals surface area contributed by atoms with Gasteiger partial charge in [0.25, 0.3) is 0 Å². The molecule has 1 saturated heterocycles. The molecule has 152 valence electrons. The van der Waals surface area contributed by atoms with Gasteiger partial charge in [-0.3, -0.25) is 0 Å². The van der Waals surface area contributed by atoms with Crippen LogP contribution in [0.25, 0.3) is 0 Å². The van der Waals surface area contributed by atoms with Crippen LogP contribution in [0.3, 0.4) is 0 Å². The third-order valence-corrected chi connectivity index (χ3v) is 6.18. The van der Waals surface area contributed by atoms with Crippen LogP contribution in [0.15, 0.2) is 5.16 Å². The minimum atomic E-state index is -1.97. The maximum atomic E-state index is 12.6. The van der Waals surface area contributed by atoms with Crippen molar-refractivity contribution in [2.75, 3.05) is 13.7 Å². The molecule has 0 spiro atoms. The maximum Gasteiger partial charge on any atom is 0.337 e. The van der Waals surface area contributed by atoms with Crippen LogP contribution >= 0.6 is 0 Å². The smallest absolute Gasteiger partial charge is 0.337 e. The summed E-state index contributed by atoms with van der Waals surface area (Å²) in [5.74, 6) is -0.405. The molecule has 0 aromatic rings. The topological polar surface area (TPSA) is 75.6 Å². The molecule has 10 heteroatoms. The highest BCUT2D eigenvalue weighted by atomic mass is 28.4. The molecule has 0 aromatic heterocycles. The number of cyclic esters (lactones) is 1. The molecule has 3 unspecified atom stereocenters. The first-order valence-electron chi connectivity index (χ1n) is 8.93. The third kappa shape index (κ3) is 8.01. The van der Waals surface area contributed by atoms with E-state index in [2.05, 4.69) is 44.4 Å². The number of rotatable bonds is 9. The molecule has 0 aliphatic carbocycles. The van der Waals surface area contributed by atoms with Crippen molar-refractivity contribution in [3.8, 4) is 0 Å². The first-order valence-corrected chi connectivity index (χ1v) is 19.2. The predicted octanol–water partition coefficient (Wildman–Crippen LogP) is 3.21. The lowest BCUT2D eigenvalue weighted by Crippen LogP contribution is -2.49. The highest BCUT2D eigenvalue weighted by molar-refractivity contribution is 6.70. The summed E-state index contributed by atoms with van der Waals surface area (Å²) in [5, 5.41) is 4.08. The van der Waals surface area contributed by atoms with Crippen LogP contribution in [0.5, 0.6) is 0 Å². The number of ether oxygens (including phenoxy) is 1. The maximum absolute atomic E-state index is 12.6. The average Bonchev–Trinajstić information content (AvgIpc) is 2.68. The highest BCUT2D eigenvalue weighted by Gasteiger charge is 2.51. The second-order valence-electron chi connectivity index (χ2n) is 9.37. The van der Waals surface area contributed by atoms with Crippen molar-refractivity contribution in [1.29, 1.82) is 0 Å². The normalized spacial score (nSPS) is 25.4. The van der Waals surface area contributed by atoms with E-state index in [1.54, 1.807) is 0 Å². The van der Waals surface area contributed by atoms with Gasteiger partial charge < -0.3 is 22.9 Å². The number of hydrogen-bond acceptors (Lipinski definition) is 7. The summed E-state index contributed by atoms with van der Waals surface area (Å²) in [6.45, 7) is 18.8. The van der Waals surface area contributed by atoms with Gasteiger partial charge in [0.2, 0.25) is 0 Å². The fraction of sp³-hybridized carbons (Fsp3) is 0.875. The lowest BCUT2D eigenvalue weighted by atomic mass is 10.1. The van der Waals surface area contributed by atoms with E-state index in [4.69, 9.17) is 22.9 Å². The van der Waals surface area contributed by atoms with Crippen molar-refractivity contribution in [3.05, 3.63) is 0 Å². The minimum Gasteiger partial charge on any atom is -0.451 e. The van der Waals surface area contributed by atoms with E-state index < -0.39 is 49.2 Å². The lowest BCUT2D eigenvalue weighted by molar-refractivity contribution is -0.145. The summed E-state index contributed by atoms with van der Waals surface area (Å²) in [6.07, 6.45) is -1.95. The van der Waals surface area contributed by atoms with Gasteiger partial charge >= 0.3 is 5.97 Å². The Labute approximate surface area is 160 Å². The molecular formula is C16H35NO6Si3.